The molecule has 2 heterocycles. The van der Waals surface area contributed by atoms with E-state index in [2.05, 4.69) is 29.1 Å². The molecule has 4 nitrogen and oxygen atoms in total. The van der Waals surface area contributed by atoms with Crippen LogP contribution in [-0.2, 0) is 4.79 Å². The molecule has 2 aromatic rings. The number of rotatable bonds is 6. The smallest absolute Gasteiger partial charge is 0.233 e. The molecule has 0 fully saturated rings. The maximum atomic E-state index is 12.4. The summed E-state index contributed by atoms with van der Waals surface area (Å²) in [5.74, 6) is 0.269. The first-order chi connectivity index (χ1) is 10.6. The van der Waals surface area contributed by atoms with E-state index in [1.54, 1.807) is 12.4 Å². The molecule has 0 aromatic carbocycles. The number of carbonyl (C=O) groups excluding carboxylic acids is 1. The van der Waals surface area contributed by atoms with Crippen LogP contribution in [0.15, 0.2) is 53.8 Å². The Balaban J connectivity index is 2.02. The zero-order chi connectivity index (χ0) is 15.9. The fourth-order valence-electron chi connectivity index (χ4n) is 2.06. The average molecular weight is 315 g/mol. The summed E-state index contributed by atoms with van der Waals surface area (Å²) in [6, 6.07) is 11.4. The van der Waals surface area contributed by atoms with Crippen molar-refractivity contribution in [1.29, 1.82) is 0 Å². The summed E-state index contributed by atoms with van der Waals surface area (Å²) in [7, 11) is 0. The Morgan fingerprint density at radius 3 is 2.27 bits per heavy atom. The second kappa shape index (κ2) is 7.94. The number of aromatic nitrogens is 2. The monoisotopic (exact) mass is 315 g/mol. The van der Waals surface area contributed by atoms with Gasteiger partial charge in [-0.2, -0.15) is 0 Å². The number of pyridine rings is 2. The van der Waals surface area contributed by atoms with E-state index in [4.69, 9.17) is 0 Å². The van der Waals surface area contributed by atoms with Crippen molar-refractivity contribution < 1.29 is 4.79 Å². The van der Waals surface area contributed by atoms with Gasteiger partial charge in [-0.1, -0.05) is 37.7 Å². The average Bonchev–Trinajstić information content (AvgIpc) is 2.53. The van der Waals surface area contributed by atoms with Crippen molar-refractivity contribution in [1.82, 2.24) is 15.3 Å². The predicted molar refractivity (Wildman–Crippen MR) is 89.5 cm³/mol. The molecule has 1 N–H and O–H groups in total. The van der Waals surface area contributed by atoms with Crippen LogP contribution in [0.25, 0.3) is 0 Å². The molecule has 5 heteroatoms. The van der Waals surface area contributed by atoms with Crippen LogP contribution in [0.2, 0.25) is 0 Å². The number of nitrogens with one attached hydrogen (secondary N) is 1. The Morgan fingerprint density at radius 2 is 1.73 bits per heavy atom. The Morgan fingerprint density at radius 1 is 1.05 bits per heavy atom. The molecule has 0 aliphatic heterocycles. The molecule has 1 amide bonds. The van der Waals surface area contributed by atoms with Crippen LogP contribution in [0.3, 0.4) is 0 Å². The number of carbonyl (C=O) groups is 1. The van der Waals surface area contributed by atoms with Gasteiger partial charge in [0.05, 0.1) is 22.0 Å². The standard InChI is InChI=1S/C17H21N3OS/c1-12(2)16(14-8-4-6-10-18-14)20-17(21)13(3)22-15-9-5-7-11-19-15/h4-13,16H,1-3H3,(H,20,21)/t13-,16+/m1/s1. The molecule has 2 rings (SSSR count). The maximum Gasteiger partial charge on any atom is 0.233 e. The molecule has 2 aromatic heterocycles. The van der Waals surface area contributed by atoms with E-state index >= 15 is 0 Å². The lowest BCUT2D eigenvalue weighted by atomic mass is 10.00. The zero-order valence-electron chi connectivity index (χ0n) is 13.1. The van der Waals surface area contributed by atoms with E-state index in [0.29, 0.717) is 0 Å². The van der Waals surface area contributed by atoms with Crippen molar-refractivity contribution in [3.05, 3.63) is 54.5 Å². The molecule has 0 unspecified atom stereocenters. The molecular weight excluding hydrogens is 294 g/mol. The van der Waals surface area contributed by atoms with Crippen molar-refractivity contribution in [2.24, 2.45) is 5.92 Å². The van der Waals surface area contributed by atoms with Crippen molar-refractivity contribution in [2.75, 3.05) is 0 Å². The molecule has 0 saturated carbocycles. The summed E-state index contributed by atoms with van der Waals surface area (Å²) in [6.45, 7) is 6.05. The van der Waals surface area contributed by atoms with Gasteiger partial charge in [-0.25, -0.2) is 4.98 Å². The minimum absolute atomic E-state index is 0.00000567. The van der Waals surface area contributed by atoms with E-state index < -0.39 is 0 Å². The molecular formula is C17H21N3OS. The van der Waals surface area contributed by atoms with Gasteiger partial charge in [0.25, 0.3) is 0 Å². The summed E-state index contributed by atoms with van der Waals surface area (Å²) in [4.78, 5) is 21.1. The number of thioether (sulfide) groups is 1. The van der Waals surface area contributed by atoms with Crippen LogP contribution in [0.4, 0.5) is 0 Å². The lowest BCUT2D eigenvalue weighted by Crippen LogP contribution is -2.37. The van der Waals surface area contributed by atoms with E-state index in [9.17, 15) is 4.79 Å². The normalized spacial score (nSPS) is 13.6. The summed E-state index contributed by atoms with van der Waals surface area (Å²) in [5, 5.41) is 3.75. The van der Waals surface area contributed by atoms with Crippen LogP contribution in [-0.4, -0.2) is 21.1 Å². The lowest BCUT2D eigenvalue weighted by Gasteiger charge is -2.23. The van der Waals surface area contributed by atoms with E-state index in [1.807, 2.05) is 43.3 Å². The molecule has 0 spiro atoms. The van der Waals surface area contributed by atoms with Gasteiger partial charge in [0, 0.05) is 12.4 Å². The van der Waals surface area contributed by atoms with E-state index in [0.717, 1.165) is 10.7 Å². The van der Waals surface area contributed by atoms with Gasteiger partial charge in [0.1, 0.15) is 0 Å². The SMILES string of the molecule is CC(C)[C@H](NC(=O)[C@@H](C)Sc1ccccn1)c1ccccn1. The van der Waals surface area contributed by atoms with Crippen LogP contribution >= 0.6 is 11.8 Å². The summed E-state index contributed by atoms with van der Waals surface area (Å²) < 4.78 is 0. The molecule has 0 aliphatic carbocycles. The molecule has 0 bridgehead atoms. The summed E-state index contributed by atoms with van der Waals surface area (Å²) >= 11 is 1.46. The Bertz CT molecular complexity index is 589. The number of amides is 1. The van der Waals surface area contributed by atoms with Gasteiger partial charge in [0.2, 0.25) is 5.91 Å². The fraction of sp³-hybridized carbons (Fsp3) is 0.353. The first-order valence-corrected chi connectivity index (χ1v) is 8.25. The van der Waals surface area contributed by atoms with Crippen LogP contribution in [0.5, 0.6) is 0 Å². The molecule has 0 saturated heterocycles. The maximum absolute atomic E-state index is 12.4. The number of nitrogens with zero attached hydrogens (tertiary/aromatic N) is 2. The minimum atomic E-state index is -0.208. The quantitative estimate of drug-likeness (QED) is 0.829. The highest BCUT2D eigenvalue weighted by Crippen LogP contribution is 2.24. The second-order valence-electron chi connectivity index (χ2n) is 5.41. The molecule has 0 radical (unpaired) electrons. The molecule has 116 valence electrons. The molecule has 0 aliphatic rings. The third kappa shape index (κ3) is 4.56. The van der Waals surface area contributed by atoms with Crippen molar-refractivity contribution in [3.63, 3.8) is 0 Å². The van der Waals surface area contributed by atoms with E-state index in [1.165, 1.54) is 11.8 Å². The van der Waals surface area contributed by atoms with Crippen molar-refractivity contribution in [2.45, 2.75) is 37.1 Å². The van der Waals surface area contributed by atoms with Gasteiger partial charge in [-0.3, -0.25) is 9.78 Å². The fourth-order valence-corrected chi connectivity index (χ4v) is 2.88. The van der Waals surface area contributed by atoms with Crippen LogP contribution < -0.4 is 5.32 Å². The zero-order valence-corrected chi connectivity index (χ0v) is 13.9. The molecule has 22 heavy (non-hydrogen) atoms. The van der Waals surface area contributed by atoms with Crippen LogP contribution in [0, 0.1) is 5.92 Å². The Labute approximate surface area is 135 Å². The van der Waals surface area contributed by atoms with Gasteiger partial charge < -0.3 is 5.32 Å². The third-order valence-corrected chi connectivity index (χ3v) is 4.33. The topological polar surface area (TPSA) is 54.9 Å². The number of hydrogen-bond acceptors (Lipinski definition) is 4. The minimum Gasteiger partial charge on any atom is -0.347 e. The number of hydrogen-bond donors (Lipinski definition) is 1. The van der Waals surface area contributed by atoms with Crippen molar-refractivity contribution >= 4 is 17.7 Å². The van der Waals surface area contributed by atoms with Gasteiger partial charge in [-0.05, 0) is 37.1 Å². The highest BCUT2D eigenvalue weighted by Gasteiger charge is 2.23. The lowest BCUT2D eigenvalue weighted by molar-refractivity contribution is -0.121. The first-order valence-electron chi connectivity index (χ1n) is 7.37. The largest absolute Gasteiger partial charge is 0.347 e. The summed E-state index contributed by atoms with van der Waals surface area (Å²) in [5.41, 5.74) is 0.890. The highest BCUT2D eigenvalue weighted by atomic mass is 32.2. The summed E-state index contributed by atoms with van der Waals surface area (Å²) in [6.07, 6.45) is 3.49. The third-order valence-electron chi connectivity index (χ3n) is 3.28. The van der Waals surface area contributed by atoms with Gasteiger partial charge in [-0.15, -0.1) is 0 Å². The Kier molecular flexibility index (Phi) is 5.95. The van der Waals surface area contributed by atoms with Gasteiger partial charge >= 0.3 is 0 Å². The Hall–Kier alpha value is -1.88. The predicted octanol–water partition coefficient (Wildman–Crippen LogP) is 3.47. The van der Waals surface area contributed by atoms with Crippen LogP contribution in [0.1, 0.15) is 32.5 Å². The second-order valence-corrected chi connectivity index (χ2v) is 6.77. The van der Waals surface area contributed by atoms with Gasteiger partial charge in [0.15, 0.2) is 0 Å². The van der Waals surface area contributed by atoms with E-state index in [-0.39, 0.29) is 23.1 Å². The first kappa shape index (κ1) is 16.5. The van der Waals surface area contributed by atoms with Crippen molar-refractivity contribution in [3.8, 4) is 0 Å². The highest BCUT2D eigenvalue weighted by molar-refractivity contribution is 8.00. The molecule has 2 atom stereocenters.